The maximum Gasteiger partial charge on any atom is 0.102 e. The highest BCUT2D eigenvalue weighted by Crippen LogP contribution is 2.29. The summed E-state index contributed by atoms with van der Waals surface area (Å²) < 4.78 is 2.67. The molecule has 0 saturated carbocycles. The van der Waals surface area contributed by atoms with Gasteiger partial charge in [0.15, 0.2) is 0 Å². The molecule has 0 aliphatic carbocycles. The number of halogens is 2. The van der Waals surface area contributed by atoms with Crippen LogP contribution in [0.4, 0.5) is 0 Å². The highest BCUT2D eigenvalue weighted by molar-refractivity contribution is 9.10. The van der Waals surface area contributed by atoms with E-state index in [0.717, 1.165) is 27.1 Å². The Morgan fingerprint density at radius 3 is 2.61 bits per heavy atom. The van der Waals surface area contributed by atoms with Crippen molar-refractivity contribution in [3.05, 3.63) is 38.6 Å². The summed E-state index contributed by atoms with van der Waals surface area (Å²) in [6, 6.07) is 3.69. The summed E-state index contributed by atoms with van der Waals surface area (Å²) in [6.45, 7) is 5.79. The monoisotopic (exact) mass is 328 g/mol. The molecule has 1 unspecified atom stereocenters. The fraction of sp³-hybridized carbons (Fsp3) is 0.333. The molecule has 0 saturated heterocycles. The minimum absolute atomic E-state index is 0.140. The molecule has 18 heavy (non-hydrogen) atoms. The third-order valence-electron chi connectivity index (χ3n) is 2.82. The number of rotatable bonds is 2. The highest BCUT2D eigenvalue weighted by atomic mass is 79.9. The summed E-state index contributed by atoms with van der Waals surface area (Å²) in [5, 5.41) is 8.95. The number of aromatic nitrogens is 3. The van der Waals surface area contributed by atoms with Crippen LogP contribution in [0.5, 0.6) is 0 Å². The molecule has 1 aromatic heterocycles. The fourth-order valence-electron chi connectivity index (χ4n) is 1.79. The Labute approximate surface area is 119 Å². The van der Waals surface area contributed by atoms with E-state index in [-0.39, 0.29) is 6.04 Å². The van der Waals surface area contributed by atoms with Crippen LogP contribution in [0.15, 0.2) is 16.6 Å². The lowest BCUT2D eigenvalue weighted by Gasteiger charge is -2.09. The van der Waals surface area contributed by atoms with E-state index in [4.69, 9.17) is 17.3 Å². The molecule has 6 heteroatoms. The summed E-state index contributed by atoms with van der Waals surface area (Å²) in [5.41, 5.74) is 9.43. The minimum atomic E-state index is -0.140. The summed E-state index contributed by atoms with van der Waals surface area (Å²) >= 11 is 9.67. The lowest BCUT2D eigenvalue weighted by atomic mass is 10.2. The molecule has 4 nitrogen and oxygen atoms in total. The van der Waals surface area contributed by atoms with E-state index in [0.29, 0.717) is 5.02 Å². The zero-order valence-corrected chi connectivity index (χ0v) is 12.7. The van der Waals surface area contributed by atoms with Crippen molar-refractivity contribution in [2.45, 2.75) is 26.8 Å². The second-order valence-electron chi connectivity index (χ2n) is 4.31. The summed E-state index contributed by atoms with van der Waals surface area (Å²) in [5.74, 6) is 0. The predicted octanol–water partition coefficient (Wildman–Crippen LogP) is 3.32. The Bertz CT molecular complexity index is 592. The molecule has 96 valence electrons. The van der Waals surface area contributed by atoms with E-state index < -0.39 is 0 Å². The Hall–Kier alpha value is -0.910. The second kappa shape index (κ2) is 4.99. The van der Waals surface area contributed by atoms with Gasteiger partial charge >= 0.3 is 0 Å². The first-order valence-electron chi connectivity index (χ1n) is 5.55. The van der Waals surface area contributed by atoms with Crippen LogP contribution >= 0.6 is 27.5 Å². The molecule has 0 amide bonds. The third kappa shape index (κ3) is 2.30. The van der Waals surface area contributed by atoms with Crippen LogP contribution in [-0.4, -0.2) is 15.0 Å². The highest BCUT2D eigenvalue weighted by Gasteiger charge is 2.15. The molecule has 2 aromatic rings. The van der Waals surface area contributed by atoms with Gasteiger partial charge in [0.05, 0.1) is 11.4 Å². The van der Waals surface area contributed by atoms with Crippen molar-refractivity contribution in [2.24, 2.45) is 5.73 Å². The number of benzene rings is 1. The number of aryl methyl sites for hydroxylation is 1. The van der Waals surface area contributed by atoms with Gasteiger partial charge in [-0.3, -0.25) is 0 Å². The van der Waals surface area contributed by atoms with Gasteiger partial charge < -0.3 is 5.73 Å². The van der Waals surface area contributed by atoms with Crippen molar-refractivity contribution in [3.8, 4) is 5.69 Å². The van der Waals surface area contributed by atoms with Crippen molar-refractivity contribution >= 4 is 27.5 Å². The number of hydrogen-bond acceptors (Lipinski definition) is 3. The summed E-state index contributed by atoms with van der Waals surface area (Å²) in [6.07, 6.45) is 0. The largest absolute Gasteiger partial charge is 0.323 e. The molecule has 0 radical (unpaired) electrons. The van der Waals surface area contributed by atoms with E-state index in [1.54, 1.807) is 4.68 Å². The zero-order chi connectivity index (χ0) is 13.4. The Morgan fingerprint density at radius 1 is 1.39 bits per heavy atom. The van der Waals surface area contributed by atoms with Crippen molar-refractivity contribution in [3.63, 3.8) is 0 Å². The smallest absolute Gasteiger partial charge is 0.102 e. The van der Waals surface area contributed by atoms with Gasteiger partial charge in [0.1, 0.15) is 5.69 Å². The van der Waals surface area contributed by atoms with Gasteiger partial charge in [-0.2, -0.15) is 0 Å². The van der Waals surface area contributed by atoms with Gasteiger partial charge in [-0.15, -0.1) is 5.10 Å². The van der Waals surface area contributed by atoms with E-state index in [1.165, 1.54) is 0 Å². The minimum Gasteiger partial charge on any atom is -0.323 e. The molecular weight excluding hydrogens is 316 g/mol. The Balaban J connectivity index is 2.59. The molecule has 0 aliphatic rings. The molecule has 0 spiro atoms. The van der Waals surface area contributed by atoms with Gasteiger partial charge in [-0.05, 0) is 54.4 Å². The number of nitrogens with zero attached hydrogens (tertiary/aromatic N) is 3. The molecule has 2 rings (SSSR count). The number of nitrogens with two attached hydrogens (primary N) is 1. The van der Waals surface area contributed by atoms with Crippen LogP contribution in [0.1, 0.15) is 29.9 Å². The first-order chi connectivity index (χ1) is 8.41. The Kier molecular flexibility index (Phi) is 3.75. The first kappa shape index (κ1) is 13.5. The van der Waals surface area contributed by atoms with Crippen LogP contribution in [0, 0.1) is 13.8 Å². The van der Waals surface area contributed by atoms with Crippen LogP contribution in [0.25, 0.3) is 5.69 Å². The number of hydrogen-bond donors (Lipinski definition) is 1. The zero-order valence-electron chi connectivity index (χ0n) is 10.4. The van der Waals surface area contributed by atoms with E-state index in [9.17, 15) is 0 Å². The third-order valence-corrected chi connectivity index (χ3v) is 3.86. The van der Waals surface area contributed by atoms with Gasteiger partial charge in [0.25, 0.3) is 0 Å². The van der Waals surface area contributed by atoms with Crippen LogP contribution in [0.2, 0.25) is 5.02 Å². The molecule has 1 heterocycles. The SMILES string of the molecule is Cc1cc(Br)c(-n2nnc(C(C)N)c2C)cc1Cl. The summed E-state index contributed by atoms with van der Waals surface area (Å²) in [7, 11) is 0. The molecule has 0 aliphatic heterocycles. The van der Waals surface area contributed by atoms with E-state index >= 15 is 0 Å². The molecular formula is C12H14BrClN4. The predicted molar refractivity (Wildman–Crippen MR) is 76.1 cm³/mol. The summed E-state index contributed by atoms with van der Waals surface area (Å²) in [4.78, 5) is 0. The molecule has 0 bridgehead atoms. The van der Waals surface area contributed by atoms with Gasteiger partial charge in [-0.1, -0.05) is 16.8 Å². The van der Waals surface area contributed by atoms with E-state index in [2.05, 4.69) is 26.2 Å². The average molecular weight is 330 g/mol. The fourth-order valence-corrected chi connectivity index (χ4v) is 2.57. The molecule has 1 atom stereocenters. The average Bonchev–Trinajstić information content (AvgIpc) is 2.66. The van der Waals surface area contributed by atoms with Crippen molar-refractivity contribution < 1.29 is 0 Å². The topological polar surface area (TPSA) is 56.7 Å². The maximum absolute atomic E-state index is 6.15. The standard InChI is InChI=1S/C12H14BrClN4/c1-6-4-9(13)11(5-10(6)14)18-8(3)12(7(2)15)16-17-18/h4-5,7H,15H2,1-3H3. The van der Waals surface area contributed by atoms with Gasteiger partial charge in [-0.25, -0.2) is 4.68 Å². The lowest BCUT2D eigenvalue weighted by molar-refractivity contribution is 0.756. The van der Waals surface area contributed by atoms with E-state index in [1.807, 2.05) is 32.9 Å². The maximum atomic E-state index is 6.15. The first-order valence-corrected chi connectivity index (χ1v) is 6.72. The van der Waals surface area contributed by atoms with Crippen molar-refractivity contribution in [1.82, 2.24) is 15.0 Å². The second-order valence-corrected chi connectivity index (χ2v) is 5.57. The lowest BCUT2D eigenvalue weighted by Crippen LogP contribution is -2.08. The van der Waals surface area contributed by atoms with Crippen molar-refractivity contribution in [1.29, 1.82) is 0 Å². The van der Waals surface area contributed by atoms with Gasteiger partial charge in [0, 0.05) is 15.5 Å². The molecule has 2 N–H and O–H groups in total. The molecule has 1 aromatic carbocycles. The van der Waals surface area contributed by atoms with Crippen molar-refractivity contribution in [2.75, 3.05) is 0 Å². The van der Waals surface area contributed by atoms with Gasteiger partial charge in [0.2, 0.25) is 0 Å². The molecule has 0 fully saturated rings. The van der Waals surface area contributed by atoms with Crippen LogP contribution < -0.4 is 5.73 Å². The Morgan fingerprint density at radius 2 is 2.06 bits per heavy atom. The van der Waals surface area contributed by atoms with Crippen LogP contribution in [-0.2, 0) is 0 Å². The quantitative estimate of drug-likeness (QED) is 0.919. The normalized spacial score (nSPS) is 12.8. The van der Waals surface area contributed by atoms with Crippen LogP contribution in [0.3, 0.4) is 0 Å².